The summed E-state index contributed by atoms with van der Waals surface area (Å²) in [5.74, 6) is 2.05. The van der Waals surface area contributed by atoms with Gasteiger partial charge in [-0.2, -0.15) is 0 Å². The van der Waals surface area contributed by atoms with Gasteiger partial charge in [-0.15, -0.1) is 0 Å². The zero-order chi connectivity index (χ0) is 14.2. The van der Waals surface area contributed by atoms with Gasteiger partial charge in [0, 0.05) is 11.4 Å². The molecule has 3 heteroatoms. The monoisotopic (exact) mass is 288 g/mol. The molecule has 1 fully saturated rings. The standard InChI is InChI=1S/C17H24N2S/c1-12-6-8-17(9-7-12)11-20-16(19-17)18-15-10-13(2)4-5-14(15)3/h4-5,10,12H,6-9,11H2,1-3H3,(H,18,19). The first-order valence-corrected chi connectivity index (χ1v) is 8.62. The number of benzene rings is 1. The first-order valence-electron chi connectivity index (χ1n) is 7.63. The normalized spacial score (nSPS) is 29.6. The van der Waals surface area contributed by atoms with Crippen LogP contribution in [0.5, 0.6) is 0 Å². The quantitative estimate of drug-likeness (QED) is 0.805. The second-order valence-corrected chi connectivity index (χ2v) is 7.52. The molecule has 3 rings (SSSR count). The van der Waals surface area contributed by atoms with Crippen molar-refractivity contribution in [3.05, 3.63) is 29.3 Å². The molecule has 2 aliphatic rings. The van der Waals surface area contributed by atoms with Gasteiger partial charge in [0.05, 0.1) is 5.54 Å². The molecule has 0 saturated heterocycles. The summed E-state index contributed by atoms with van der Waals surface area (Å²) in [6.07, 6.45) is 5.19. The molecule has 20 heavy (non-hydrogen) atoms. The largest absolute Gasteiger partial charge is 0.335 e. The molecule has 0 aromatic heterocycles. The maximum absolute atomic E-state index is 5.05. The molecule has 1 N–H and O–H groups in total. The van der Waals surface area contributed by atoms with Gasteiger partial charge in [-0.05, 0) is 62.6 Å². The molecule has 0 bridgehead atoms. The van der Waals surface area contributed by atoms with Gasteiger partial charge in [-0.3, -0.25) is 4.99 Å². The Balaban J connectivity index is 1.74. The summed E-state index contributed by atoms with van der Waals surface area (Å²) in [6, 6.07) is 6.55. The topological polar surface area (TPSA) is 24.4 Å². The van der Waals surface area contributed by atoms with Crippen LogP contribution in [0.1, 0.15) is 43.7 Å². The van der Waals surface area contributed by atoms with E-state index in [1.54, 1.807) is 0 Å². The maximum atomic E-state index is 5.05. The lowest BCUT2D eigenvalue weighted by molar-refractivity contribution is 0.273. The van der Waals surface area contributed by atoms with Crippen molar-refractivity contribution in [3.63, 3.8) is 0 Å². The summed E-state index contributed by atoms with van der Waals surface area (Å²) < 4.78 is 0. The predicted molar refractivity (Wildman–Crippen MR) is 89.8 cm³/mol. The number of hydrogen-bond donors (Lipinski definition) is 1. The SMILES string of the molecule is Cc1ccc(C)c(NC2=NC3(CCC(C)CC3)CS2)c1. The van der Waals surface area contributed by atoms with Crippen LogP contribution < -0.4 is 5.32 Å². The predicted octanol–water partition coefficient (Wildman–Crippen LogP) is 4.77. The molecule has 1 aliphatic heterocycles. The number of hydrogen-bond acceptors (Lipinski definition) is 3. The molecule has 1 saturated carbocycles. The fourth-order valence-corrected chi connectivity index (χ4v) is 4.29. The molecule has 1 aliphatic carbocycles. The minimum atomic E-state index is 0.233. The van der Waals surface area contributed by atoms with Crippen molar-refractivity contribution in [1.29, 1.82) is 0 Å². The maximum Gasteiger partial charge on any atom is 0.161 e. The number of aliphatic imine (C=N–C) groups is 1. The third-order valence-electron chi connectivity index (χ3n) is 4.66. The molecular weight excluding hydrogens is 264 g/mol. The van der Waals surface area contributed by atoms with Crippen LogP contribution in [-0.4, -0.2) is 16.5 Å². The molecule has 0 amide bonds. The van der Waals surface area contributed by atoms with Gasteiger partial charge >= 0.3 is 0 Å². The van der Waals surface area contributed by atoms with Crippen molar-refractivity contribution in [1.82, 2.24) is 0 Å². The highest BCUT2D eigenvalue weighted by molar-refractivity contribution is 8.14. The molecule has 2 nitrogen and oxygen atoms in total. The van der Waals surface area contributed by atoms with Crippen molar-refractivity contribution in [2.24, 2.45) is 10.9 Å². The number of anilines is 1. The summed E-state index contributed by atoms with van der Waals surface area (Å²) in [6.45, 7) is 6.66. The van der Waals surface area contributed by atoms with Crippen LogP contribution in [0.25, 0.3) is 0 Å². The lowest BCUT2D eigenvalue weighted by Crippen LogP contribution is -2.32. The third-order valence-corrected chi connectivity index (χ3v) is 5.80. The van der Waals surface area contributed by atoms with Gasteiger partial charge in [-0.1, -0.05) is 30.8 Å². The van der Waals surface area contributed by atoms with E-state index >= 15 is 0 Å². The van der Waals surface area contributed by atoms with E-state index < -0.39 is 0 Å². The number of nitrogens with zero attached hydrogens (tertiary/aromatic N) is 1. The van der Waals surface area contributed by atoms with Crippen molar-refractivity contribution in [3.8, 4) is 0 Å². The smallest absolute Gasteiger partial charge is 0.161 e. The van der Waals surface area contributed by atoms with E-state index in [0.717, 1.165) is 16.8 Å². The van der Waals surface area contributed by atoms with E-state index in [0.29, 0.717) is 0 Å². The van der Waals surface area contributed by atoms with Crippen LogP contribution in [0.2, 0.25) is 0 Å². The van der Waals surface area contributed by atoms with Crippen molar-refractivity contribution < 1.29 is 0 Å². The highest BCUT2D eigenvalue weighted by Gasteiger charge is 2.38. The summed E-state index contributed by atoms with van der Waals surface area (Å²) >= 11 is 1.90. The van der Waals surface area contributed by atoms with E-state index in [1.807, 2.05) is 11.8 Å². The van der Waals surface area contributed by atoms with Crippen LogP contribution in [0.3, 0.4) is 0 Å². The van der Waals surface area contributed by atoms with E-state index in [-0.39, 0.29) is 5.54 Å². The van der Waals surface area contributed by atoms with E-state index in [4.69, 9.17) is 4.99 Å². The number of nitrogens with one attached hydrogen (secondary N) is 1. The van der Waals surface area contributed by atoms with E-state index in [1.165, 1.54) is 42.5 Å². The van der Waals surface area contributed by atoms with Crippen molar-refractivity contribution >= 4 is 22.6 Å². The first kappa shape index (κ1) is 14.0. The van der Waals surface area contributed by atoms with Gasteiger partial charge < -0.3 is 5.32 Å². The van der Waals surface area contributed by atoms with Gasteiger partial charge in [0.25, 0.3) is 0 Å². The second kappa shape index (κ2) is 5.44. The minimum Gasteiger partial charge on any atom is -0.335 e. The van der Waals surface area contributed by atoms with E-state index in [9.17, 15) is 0 Å². The fourth-order valence-electron chi connectivity index (χ4n) is 3.09. The molecule has 1 aromatic rings. The molecule has 0 radical (unpaired) electrons. The van der Waals surface area contributed by atoms with Crippen LogP contribution in [0, 0.1) is 19.8 Å². The van der Waals surface area contributed by atoms with Gasteiger partial charge in [0.2, 0.25) is 0 Å². The number of amidine groups is 1. The Morgan fingerprint density at radius 2 is 2.00 bits per heavy atom. The van der Waals surface area contributed by atoms with Gasteiger partial charge in [-0.25, -0.2) is 0 Å². The highest BCUT2D eigenvalue weighted by atomic mass is 32.2. The summed E-state index contributed by atoms with van der Waals surface area (Å²) in [5.41, 5.74) is 4.02. The van der Waals surface area contributed by atoms with Crippen LogP contribution >= 0.6 is 11.8 Å². The average molecular weight is 288 g/mol. The molecule has 0 atom stereocenters. The van der Waals surface area contributed by atoms with Gasteiger partial charge in [0.15, 0.2) is 5.17 Å². The fraction of sp³-hybridized carbons (Fsp3) is 0.588. The second-order valence-electron chi connectivity index (χ2n) is 6.56. The molecular formula is C17H24N2S. The Labute approximate surface area is 126 Å². The average Bonchev–Trinajstić information content (AvgIpc) is 2.81. The number of rotatable bonds is 1. The Hall–Kier alpha value is -0.960. The van der Waals surface area contributed by atoms with Gasteiger partial charge in [0.1, 0.15) is 0 Å². The van der Waals surface area contributed by atoms with Crippen LogP contribution in [0.4, 0.5) is 5.69 Å². The molecule has 0 unspecified atom stereocenters. The number of aryl methyl sites for hydroxylation is 2. The molecule has 108 valence electrons. The Morgan fingerprint density at radius 3 is 2.75 bits per heavy atom. The minimum absolute atomic E-state index is 0.233. The Morgan fingerprint density at radius 1 is 1.25 bits per heavy atom. The molecule has 1 heterocycles. The van der Waals surface area contributed by atoms with Crippen LogP contribution in [0.15, 0.2) is 23.2 Å². The zero-order valence-electron chi connectivity index (χ0n) is 12.7. The highest BCUT2D eigenvalue weighted by Crippen LogP contribution is 2.41. The Kier molecular flexibility index (Phi) is 3.80. The molecule has 1 spiro atoms. The van der Waals surface area contributed by atoms with E-state index in [2.05, 4.69) is 44.3 Å². The van der Waals surface area contributed by atoms with Crippen molar-refractivity contribution in [2.75, 3.05) is 11.1 Å². The molecule has 1 aromatic carbocycles. The lowest BCUT2D eigenvalue weighted by Gasteiger charge is -2.32. The Bertz CT molecular complexity index is 528. The third kappa shape index (κ3) is 2.88. The first-order chi connectivity index (χ1) is 9.56. The van der Waals surface area contributed by atoms with Crippen LogP contribution in [-0.2, 0) is 0 Å². The summed E-state index contributed by atoms with van der Waals surface area (Å²) in [7, 11) is 0. The number of thioether (sulfide) groups is 1. The van der Waals surface area contributed by atoms with Crippen molar-refractivity contribution in [2.45, 2.75) is 52.0 Å². The lowest BCUT2D eigenvalue weighted by atomic mass is 9.79. The summed E-state index contributed by atoms with van der Waals surface area (Å²) in [5, 5.41) is 4.66. The zero-order valence-corrected chi connectivity index (χ0v) is 13.5. The summed E-state index contributed by atoms with van der Waals surface area (Å²) in [4.78, 5) is 5.05.